The highest BCUT2D eigenvalue weighted by atomic mass is 35.5. The van der Waals surface area contributed by atoms with E-state index < -0.39 is 16.7 Å². The van der Waals surface area contributed by atoms with E-state index in [-0.39, 0.29) is 16.6 Å². The second-order valence-electron chi connectivity index (χ2n) is 7.39. The molecular weight excluding hydrogens is 443 g/mol. The van der Waals surface area contributed by atoms with E-state index in [9.17, 15) is 12.8 Å². The van der Waals surface area contributed by atoms with Gasteiger partial charge in [-0.3, -0.25) is 9.62 Å². The number of halogens is 2. The molecule has 1 aliphatic rings. The molecule has 9 heteroatoms. The lowest BCUT2D eigenvalue weighted by Gasteiger charge is -2.35. The number of nitrogens with one attached hydrogen (secondary N) is 1. The zero-order chi connectivity index (χ0) is 22.6. The summed E-state index contributed by atoms with van der Waals surface area (Å²) < 4.78 is 53.0. The van der Waals surface area contributed by atoms with E-state index in [1.807, 2.05) is 6.92 Å². The van der Waals surface area contributed by atoms with Crippen LogP contribution in [0.25, 0.3) is 0 Å². The van der Waals surface area contributed by atoms with Crippen LogP contribution in [0.1, 0.15) is 24.5 Å². The maximum absolute atomic E-state index is 13.3. The zero-order valence-electron chi connectivity index (χ0n) is 18.0. The summed E-state index contributed by atoms with van der Waals surface area (Å²) in [6, 6.07) is 8.14. The molecular formula is C22H28ClFN2O4S. The summed E-state index contributed by atoms with van der Waals surface area (Å²) in [6.07, 6.45) is 1.91. The van der Waals surface area contributed by atoms with Gasteiger partial charge >= 0.3 is 0 Å². The van der Waals surface area contributed by atoms with Gasteiger partial charge in [0.2, 0.25) is 0 Å². The average Bonchev–Trinajstić information content (AvgIpc) is 2.76. The fourth-order valence-corrected chi connectivity index (χ4v) is 5.75. The van der Waals surface area contributed by atoms with Crippen molar-refractivity contribution < 1.29 is 22.3 Å². The van der Waals surface area contributed by atoms with Crippen molar-refractivity contribution in [2.24, 2.45) is 0 Å². The Hall–Kier alpha value is -2.03. The molecule has 0 fully saturated rings. The predicted octanol–water partition coefficient (Wildman–Crippen LogP) is 4.31. The molecule has 6 nitrogen and oxygen atoms in total. The quantitative estimate of drug-likeness (QED) is 0.591. The molecule has 0 aliphatic heterocycles. The van der Waals surface area contributed by atoms with Gasteiger partial charge in [0.05, 0.1) is 24.8 Å². The van der Waals surface area contributed by atoms with E-state index >= 15 is 0 Å². The van der Waals surface area contributed by atoms with Crippen LogP contribution in [-0.2, 0) is 22.9 Å². The normalized spacial score (nSPS) is 16.1. The van der Waals surface area contributed by atoms with Crippen molar-refractivity contribution in [3.63, 3.8) is 0 Å². The van der Waals surface area contributed by atoms with Gasteiger partial charge in [0.15, 0.2) is 0 Å². The number of sulfonamides is 1. The van der Waals surface area contributed by atoms with E-state index in [1.165, 1.54) is 13.2 Å². The summed E-state index contributed by atoms with van der Waals surface area (Å²) >= 11 is 6.05. The zero-order valence-corrected chi connectivity index (χ0v) is 19.5. The van der Waals surface area contributed by atoms with Crippen LogP contribution in [-0.4, -0.2) is 53.3 Å². The van der Waals surface area contributed by atoms with Gasteiger partial charge in [0, 0.05) is 23.2 Å². The summed E-state index contributed by atoms with van der Waals surface area (Å²) in [4.78, 5) is 2.30. The first-order valence-corrected chi connectivity index (χ1v) is 12.1. The van der Waals surface area contributed by atoms with Crippen molar-refractivity contribution in [3.8, 4) is 11.5 Å². The van der Waals surface area contributed by atoms with Crippen LogP contribution < -0.4 is 14.2 Å². The van der Waals surface area contributed by atoms with E-state index in [0.717, 1.165) is 24.1 Å². The van der Waals surface area contributed by atoms with Gasteiger partial charge in [0.25, 0.3) is 10.0 Å². The molecule has 0 saturated heterocycles. The Labute approximate surface area is 188 Å². The van der Waals surface area contributed by atoms with Gasteiger partial charge in [0.1, 0.15) is 18.2 Å². The molecule has 0 saturated carbocycles. The summed E-state index contributed by atoms with van der Waals surface area (Å²) in [7, 11) is -0.864. The molecule has 2 aromatic rings. The highest BCUT2D eigenvalue weighted by Gasteiger charge is 2.31. The third kappa shape index (κ3) is 5.07. The Balaban J connectivity index is 1.99. The maximum Gasteiger partial charge on any atom is 0.262 e. The minimum Gasteiger partial charge on any atom is -0.496 e. The topological polar surface area (TPSA) is 67.9 Å². The Morgan fingerprint density at radius 1 is 1.16 bits per heavy atom. The number of nitrogens with zero attached hydrogens (tertiary/aromatic N) is 1. The standard InChI is InChI=1S/C22H28ClFN2O4S/c1-4-26(12-11-24)16-6-7-17-18(14-16)20(29-2)9-10-22(17)31(27,28)25-19-13-15(23)5-8-21(19)30-3/h5,8-10,13,16,25H,4,6-7,11-12,14H2,1-3H3. The molecule has 3 rings (SSSR count). The fourth-order valence-electron chi connectivity index (χ4n) is 4.22. The van der Waals surface area contributed by atoms with Gasteiger partial charge < -0.3 is 9.47 Å². The third-order valence-electron chi connectivity index (χ3n) is 5.72. The van der Waals surface area contributed by atoms with Crippen LogP contribution in [0.3, 0.4) is 0 Å². The number of likely N-dealkylation sites (N-methyl/N-ethyl adjacent to an activating group) is 1. The smallest absolute Gasteiger partial charge is 0.262 e. The highest BCUT2D eigenvalue weighted by molar-refractivity contribution is 7.92. The number of hydrogen-bond acceptors (Lipinski definition) is 5. The fraction of sp³-hybridized carbons (Fsp3) is 0.455. The number of rotatable bonds is 9. The van der Waals surface area contributed by atoms with Crippen molar-refractivity contribution in [1.82, 2.24) is 4.90 Å². The molecule has 31 heavy (non-hydrogen) atoms. The Morgan fingerprint density at radius 3 is 2.52 bits per heavy atom. The number of ether oxygens (including phenoxy) is 2. The molecule has 0 bridgehead atoms. The van der Waals surface area contributed by atoms with E-state index in [0.29, 0.717) is 35.9 Å². The lowest BCUT2D eigenvalue weighted by Crippen LogP contribution is -2.40. The van der Waals surface area contributed by atoms with Gasteiger partial charge in [-0.05, 0) is 61.7 Å². The molecule has 0 radical (unpaired) electrons. The summed E-state index contributed by atoms with van der Waals surface area (Å²) in [5.41, 5.74) is 1.87. The van der Waals surface area contributed by atoms with Crippen molar-refractivity contribution in [3.05, 3.63) is 46.5 Å². The molecule has 1 N–H and O–H groups in total. The van der Waals surface area contributed by atoms with Crippen molar-refractivity contribution >= 4 is 27.3 Å². The second-order valence-corrected chi connectivity index (χ2v) is 9.47. The van der Waals surface area contributed by atoms with E-state index in [1.54, 1.807) is 31.4 Å². The van der Waals surface area contributed by atoms with Gasteiger partial charge in [-0.2, -0.15) is 0 Å². The molecule has 1 atom stereocenters. The lowest BCUT2D eigenvalue weighted by molar-refractivity contribution is 0.173. The lowest BCUT2D eigenvalue weighted by atomic mass is 9.86. The maximum atomic E-state index is 13.3. The molecule has 0 amide bonds. The number of fused-ring (bicyclic) bond motifs is 1. The Morgan fingerprint density at radius 2 is 1.87 bits per heavy atom. The minimum absolute atomic E-state index is 0.140. The molecule has 1 unspecified atom stereocenters. The summed E-state index contributed by atoms with van der Waals surface area (Å²) in [6.45, 7) is 2.70. The van der Waals surface area contributed by atoms with Crippen LogP contribution >= 0.6 is 11.6 Å². The highest BCUT2D eigenvalue weighted by Crippen LogP contribution is 2.37. The molecule has 0 aromatic heterocycles. The largest absolute Gasteiger partial charge is 0.496 e. The van der Waals surface area contributed by atoms with Crippen molar-refractivity contribution in [2.75, 3.05) is 38.7 Å². The van der Waals surface area contributed by atoms with Crippen LogP contribution in [0, 0.1) is 0 Å². The molecule has 1 aliphatic carbocycles. The summed E-state index contributed by atoms with van der Waals surface area (Å²) in [5, 5.41) is 0.394. The molecule has 0 spiro atoms. The number of anilines is 1. The van der Waals surface area contributed by atoms with Gasteiger partial charge in [-0.15, -0.1) is 0 Å². The van der Waals surface area contributed by atoms with Gasteiger partial charge in [-0.25, -0.2) is 12.8 Å². The first-order chi connectivity index (χ1) is 14.8. The van der Waals surface area contributed by atoms with Crippen LogP contribution in [0.4, 0.5) is 10.1 Å². The van der Waals surface area contributed by atoms with Crippen LogP contribution in [0.5, 0.6) is 11.5 Å². The molecule has 0 heterocycles. The van der Waals surface area contributed by atoms with E-state index in [2.05, 4.69) is 9.62 Å². The minimum atomic E-state index is -3.90. The number of hydrogen-bond donors (Lipinski definition) is 1. The molecule has 170 valence electrons. The number of benzene rings is 2. The first kappa shape index (κ1) is 23.6. The SMILES string of the molecule is CCN(CCF)C1CCc2c(S(=O)(=O)Nc3cc(Cl)ccc3OC)ccc(OC)c2C1. The summed E-state index contributed by atoms with van der Waals surface area (Å²) in [5.74, 6) is 1.02. The van der Waals surface area contributed by atoms with Crippen molar-refractivity contribution in [1.29, 1.82) is 0 Å². The second kappa shape index (κ2) is 10.1. The Kier molecular flexibility index (Phi) is 7.67. The Bertz CT molecular complexity index is 1030. The number of methoxy groups -OCH3 is 2. The third-order valence-corrected chi connectivity index (χ3v) is 7.41. The van der Waals surface area contributed by atoms with E-state index in [4.69, 9.17) is 21.1 Å². The van der Waals surface area contributed by atoms with Crippen LogP contribution in [0.15, 0.2) is 35.2 Å². The van der Waals surface area contributed by atoms with Crippen molar-refractivity contribution in [2.45, 2.75) is 37.1 Å². The first-order valence-electron chi connectivity index (χ1n) is 10.2. The van der Waals surface area contributed by atoms with Gasteiger partial charge in [-0.1, -0.05) is 18.5 Å². The number of alkyl halides is 1. The monoisotopic (exact) mass is 470 g/mol. The molecule has 2 aromatic carbocycles. The van der Waals surface area contributed by atoms with Crippen LogP contribution in [0.2, 0.25) is 5.02 Å². The average molecular weight is 471 g/mol. The predicted molar refractivity (Wildman–Crippen MR) is 121 cm³/mol.